The summed E-state index contributed by atoms with van der Waals surface area (Å²) in [6.45, 7) is 2.11. The largest absolute Gasteiger partial charge is 0.243 e. The topological polar surface area (TPSA) is 0 Å². The molecule has 0 aliphatic heterocycles. The van der Waals surface area contributed by atoms with Gasteiger partial charge in [-0.1, -0.05) is 25.0 Å². The third kappa shape index (κ3) is 2.48. The molecule has 0 saturated carbocycles. The van der Waals surface area contributed by atoms with Crippen LogP contribution in [-0.2, 0) is 0 Å². The lowest BCUT2D eigenvalue weighted by Crippen LogP contribution is -2.15. The van der Waals surface area contributed by atoms with Gasteiger partial charge >= 0.3 is 0 Å². The molecule has 2 unspecified atom stereocenters. The Balaban J connectivity index is 2.54. The van der Waals surface area contributed by atoms with Crippen molar-refractivity contribution in [3.05, 3.63) is 11.6 Å². The molecule has 0 amide bonds. The molecule has 1 aliphatic carbocycles. The minimum absolute atomic E-state index is 0.497. The Bertz CT molecular complexity index is 154. The van der Waals surface area contributed by atoms with Gasteiger partial charge in [0.05, 0.1) is 0 Å². The minimum Gasteiger partial charge on any atom is -0.243 e. The fourth-order valence-electron chi connectivity index (χ4n) is 1.57. The van der Waals surface area contributed by atoms with Gasteiger partial charge in [0.2, 0.25) is 0 Å². The van der Waals surface area contributed by atoms with E-state index >= 15 is 0 Å². The molecular weight excluding hydrogens is 163 g/mol. The Morgan fingerprint density at radius 1 is 1.73 bits per heavy atom. The number of alkyl halides is 2. The quantitative estimate of drug-likeness (QED) is 0.447. The van der Waals surface area contributed by atoms with Gasteiger partial charge in [0.15, 0.2) is 0 Å². The molecule has 0 heterocycles. The molecule has 0 spiro atoms. The fraction of sp³-hybridized carbons (Fsp3) is 0.778. The predicted octanol–water partition coefficient (Wildman–Crippen LogP) is 3.31. The first-order valence-electron chi connectivity index (χ1n) is 4.15. The Morgan fingerprint density at radius 2 is 2.45 bits per heavy atom. The molecule has 0 aromatic heterocycles. The second kappa shape index (κ2) is 4.10. The van der Waals surface area contributed by atoms with Crippen molar-refractivity contribution < 1.29 is 4.39 Å². The smallest absolute Gasteiger partial charge is 0.119 e. The molecule has 0 nitrogen and oxygen atoms in total. The van der Waals surface area contributed by atoms with Gasteiger partial charge in [-0.2, -0.15) is 0 Å². The zero-order valence-electron chi connectivity index (χ0n) is 6.82. The van der Waals surface area contributed by atoms with Crippen molar-refractivity contribution in [2.45, 2.75) is 32.4 Å². The van der Waals surface area contributed by atoms with Crippen molar-refractivity contribution in [1.29, 1.82) is 0 Å². The highest BCUT2D eigenvalue weighted by Gasteiger charge is 2.19. The molecule has 2 heteroatoms. The lowest BCUT2D eigenvalue weighted by molar-refractivity contribution is 0.292. The van der Waals surface area contributed by atoms with E-state index in [2.05, 4.69) is 6.92 Å². The SMILES string of the molecule is CCC1CC(CCl)=CC(F)C1. The predicted molar refractivity (Wildman–Crippen MR) is 46.7 cm³/mol. The number of allylic oxidation sites excluding steroid dienone is 2. The van der Waals surface area contributed by atoms with Crippen LogP contribution in [0.5, 0.6) is 0 Å². The van der Waals surface area contributed by atoms with Crippen molar-refractivity contribution in [1.82, 2.24) is 0 Å². The van der Waals surface area contributed by atoms with Crippen LogP contribution < -0.4 is 0 Å². The van der Waals surface area contributed by atoms with Crippen LogP contribution in [0.1, 0.15) is 26.2 Å². The maximum absolute atomic E-state index is 12.9. The summed E-state index contributed by atoms with van der Waals surface area (Å²) >= 11 is 5.63. The molecular formula is C9H14ClF. The summed E-state index contributed by atoms with van der Waals surface area (Å²) in [7, 11) is 0. The van der Waals surface area contributed by atoms with Crippen molar-refractivity contribution in [2.75, 3.05) is 5.88 Å². The molecule has 0 fully saturated rings. The number of rotatable bonds is 2. The van der Waals surface area contributed by atoms with E-state index in [4.69, 9.17) is 11.6 Å². The van der Waals surface area contributed by atoms with E-state index in [0.717, 1.165) is 18.4 Å². The Morgan fingerprint density at radius 3 is 3.00 bits per heavy atom. The summed E-state index contributed by atoms with van der Waals surface area (Å²) < 4.78 is 12.9. The second-order valence-corrected chi connectivity index (χ2v) is 3.46. The van der Waals surface area contributed by atoms with Crippen LogP contribution in [0, 0.1) is 5.92 Å². The summed E-state index contributed by atoms with van der Waals surface area (Å²) in [4.78, 5) is 0. The van der Waals surface area contributed by atoms with Gasteiger partial charge in [-0.25, -0.2) is 4.39 Å². The van der Waals surface area contributed by atoms with Crippen molar-refractivity contribution >= 4 is 11.6 Å². The van der Waals surface area contributed by atoms with Crippen LogP contribution in [0.2, 0.25) is 0 Å². The fourth-order valence-corrected chi connectivity index (χ4v) is 1.77. The van der Waals surface area contributed by atoms with Crippen LogP contribution in [-0.4, -0.2) is 12.1 Å². The van der Waals surface area contributed by atoms with E-state index < -0.39 is 6.17 Å². The van der Waals surface area contributed by atoms with Gasteiger partial charge in [0.1, 0.15) is 6.17 Å². The van der Waals surface area contributed by atoms with Gasteiger partial charge < -0.3 is 0 Å². The molecule has 64 valence electrons. The lowest BCUT2D eigenvalue weighted by atomic mass is 9.87. The van der Waals surface area contributed by atoms with Gasteiger partial charge in [-0.05, 0) is 18.8 Å². The molecule has 0 aromatic carbocycles. The summed E-state index contributed by atoms with van der Waals surface area (Å²) in [5.74, 6) is 1.01. The van der Waals surface area contributed by atoms with Gasteiger partial charge in [-0.15, -0.1) is 11.6 Å². The zero-order valence-corrected chi connectivity index (χ0v) is 7.57. The van der Waals surface area contributed by atoms with E-state index in [9.17, 15) is 4.39 Å². The first kappa shape index (κ1) is 9.05. The Hall–Kier alpha value is -0.0400. The first-order chi connectivity index (χ1) is 5.26. The minimum atomic E-state index is -0.748. The van der Waals surface area contributed by atoms with E-state index in [0.29, 0.717) is 18.2 Å². The Labute approximate surface area is 72.4 Å². The normalized spacial score (nSPS) is 31.7. The maximum atomic E-state index is 12.9. The molecule has 0 aromatic rings. The van der Waals surface area contributed by atoms with Gasteiger partial charge in [0, 0.05) is 5.88 Å². The molecule has 0 bridgehead atoms. The zero-order chi connectivity index (χ0) is 8.27. The second-order valence-electron chi connectivity index (χ2n) is 3.19. The van der Waals surface area contributed by atoms with E-state index in [1.54, 1.807) is 6.08 Å². The van der Waals surface area contributed by atoms with Crippen LogP contribution >= 0.6 is 11.6 Å². The molecule has 0 N–H and O–H groups in total. The van der Waals surface area contributed by atoms with Crippen molar-refractivity contribution in [3.8, 4) is 0 Å². The maximum Gasteiger partial charge on any atom is 0.119 e. The summed E-state index contributed by atoms with van der Waals surface area (Å²) in [5.41, 5.74) is 1.08. The van der Waals surface area contributed by atoms with Crippen LogP contribution in [0.15, 0.2) is 11.6 Å². The van der Waals surface area contributed by atoms with E-state index in [1.807, 2.05) is 0 Å². The summed E-state index contributed by atoms with van der Waals surface area (Å²) in [5, 5.41) is 0. The highest BCUT2D eigenvalue weighted by molar-refractivity contribution is 6.19. The molecule has 1 aliphatic rings. The van der Waals surface area contributed by atoms with Crippen LogP contribution in [0.3, 0.4) is 0 Å². The van der Waals surface area contributed by atoms with Crippen LogP contribution in [0.25, 0.3) is 0 Å². The molecule has 0 radical (unpaired) electrons. The van der Waals surface area contributed by atoms with Gasteiger partial charge in [0.25, 0.3) is 0 Å². The first-order valence-corrected chi connectivity index (χ1v) is 4.69. The van der Waals surface area contributed by atoms with E-state index in [1.165, 1.54) is 0 Å². The van der Waals surface area contributed by atoms with Gasteiger partial charge in [-0.3, -0.25) is 0 Å². The van der Waals surface area contributed by atoms with Crippen molar-refractivity contribution in [2.24, 2.45) is 5.92 Å². The average molecular weight is 177 g/mol. The van der Waals surface area contributed by atoms with Crippen molar-refractivity contribution in [3.63, 3.8) is 0 Å². The molecule has 1 rings (SSSR count). The number of halogens is 2. The molecule has 2 atom stereocenters. The third-order valence-electron chi connectivity index (χ3n) is 2.27. The summed E-state index contributed by atoms with van der Waals surface area (Å²) in [6.07, 6.45) is 3.69. The number of hydrogen-bond acceptors (Lipinski definition) is 0. The standard InChI is InChI=1S/C9H14ClF/c1-2-7-3-8(6-10)5-9(11)4-7/h5,7,9H,2-4,6H2,1H3. The average Bonchev–Trinajstić information content (AvgIpc) is 2.03. The molecule has 11 heavy (non-hydrogen) atoms. The Kier molecular flexibility index (Phi) is 3.38. The molecule has 0 saturated heterocycles. The third-order valence-corrected chi connectivity index (χ3v) is 2.62. The highest BCUT2D eigenvalue weighted by Crippen LogP contribution is 2.28. The lowest BCUT2D eigenvalue weighted by Gasteiger charge is -2.22. The monoisotopic (exact) mass is 176 g/mol. The highest BCUT2D eigenvalue weighted by atomic mass is 35.5. The van der Waals surface area contributed by atoms with E-state index in [-0.39, 0.29) is 0 Å². The van der Waals surface area contributed by atoms with Crippen LogP contribution in [0.4, 0.5) is 4.39 Å². The number of hydrogen-bond donors (Lipinski definition) is 0. The summed E-state index contributed by atoms with van der Waals surface area (Å²) in [6, 6.07) is 0.